The van der Waals surface area contributed by atoms with Crippen LogP contribution >= 0.6 is 11.8 Å². The number of nitrogens with one attached hydrogen (secondary N) is 1. The van der Waals surface area contributed by atoms with Crippen molar-refractivity contribution in [2.24, 2.45) is 0 Å². The second kappa shape index (κ2) is 8.08. The highest BCUT2D eigenvalue weighted by molar-refractivity contribution is 7.99. The van der Waals surface area contributed by atoms with Crippen LogP contribution in [0.25, 0.3) is 22.5 Å². The van der Waals surface area contributed by atoms with Gasteiger partial charge in [-0.05, 0) is 31.2 Å². The lowest BCUT2D eigenvalue weighted by molar-refractivity contribution is -0.118. The van der Waals surface area contributed by atoms with Gasteiger partial charge in [-0.15, -0.1) is 0 Å². The molecule has 4 aromatic rings. The summed E-state index contributed by atoms with van der Waals surface area (Å²) in [5.74, 6) is 3.02. The first-order valence-corrected chi connectivity index (χ1v) is 10.7. The lowest BCUT2D eigenvalue weighted by Crippen LogP contribution is -2.24. The topological polar surface area (TPSA) is 130 Å². The predicted molar refractivity (Wildman–Crippen MR) is 118 cm³/mol. The van der Waals surface area contributed by atoms with Crippen LogP contribution in [-0.2, 0) is 11.3 Å². The van der Waals surface area contributed by atoms with E-state index in [9.17, 15) is 4.79 Å². The van der Waals surface area contributed by atoms with E-state index in [1.165, 1.54) is 25.0 Å². The second-order valence-corrected chi connectivity index (χ2v) is 8.18. The summed E-state index contributed by atoms with van der Waals surface area (Å²) in [5, 5.41) is 3.46. The van der Waals surface area contributed by atoms with E-state index in [4.69, 9.17) is 24.6 Å². The first-order valence-electron chi connectivity index (χ1n) is 9.89. The van der Waals surface area contributed by atoms with Gasteiger partial charge >= 0.3 is 0 Å². The average Bonchev–Trinajstić information content (AvgIpc) is 3.47. The molecule has 1 aromatic carbocycles. The zero-order valence-electron chi connectivity index (χ0n) is 17.4. The fourth-order valence-corrected chi connectivity index (χ4v) is 4.49. The number of amides is 1. The predicted octanol–water partition coefficient (Wildman–Crippen LogP) is 2.99. The number of aromatic nitrogens is 4. The molecule has 3 N–H and O–H groups in total. The molecule has 32 heavy (non-hydrogen) atoms. The number of nitrogens with zero attached hydrogens (tertiary/aromatic N) is 4. The number of hydrogen-bond acceptors (Lipinski definition) is 9. The summed E-state index contributed by atoms with van der Waals surface area (Å²) >= 11 is 1.42. The van der Waals surface area contributed by atoms with Gasteiger partial charge in [0, 0.05) is 30.5 Å². The smallest absolute Gasteiger partial charge is 0.231 e. The molecule has 11 heteroatoms. The zero-order valence-corrected chi connectivity index (χ0v) is 18.2. The van der Waals surface area contributed by atoms with E-state index < -0.39 is 0 Å². The summed E-state index contributed by atoms with van der Waals surface area (Å²) in [6.45, 7) is 4.43. The van der Waals surface area contributed by atoms with Gasteiger partial charge in [0.1, 0.15) is 17.8 Å². The second-order valence-electron chi connectivity index (χ2n) is 7.17. The molecule has 5 rings (SSSR count). The van der Waals surface area contributed by atoms with E-state index in [-0.39, 0.29) is 12.7 Å². The third-order valence-corrected chi connectivity index (χ3v) is 5.97. The van der Waals surface area contributed by atoms with Crippen LogP contribution in [0.2, 0.25) is 0 Å². The van der Waals surface area contributed by atoms with Crippen molar-refractivity contribution in [1.29, 1.82) is 0 Å². The number of nitrogen functional groups attached to an aromatic ring is 1. The standard InChI is InChI=1S/C21H20N6O4S/c1-11-3-4-14(31-11)13-7-15-16(30-10-29-15)8-17(13)32-21-26-18-19(22)24-9-25-20(18)27(21)6-5-23-12(2)28/h3-4,7-9H,5-6,10H2,1-2H3,(H,23,28)(H2,22,24,25). The van der Waals surface area contributed by atoms with Crippen LogP contribution in [0.1, 0.15) is 12.7 Å². The van der Waals surface area contributed by atoms with Crippen LogP contribution in [0.15, 0.2) is 45.1 Å². The van der Waals surface area contributed by atoms with Crippen molar-refractivity contribution in [2.45, 2.75) is 30.4 Å². The maximum absolute atomic E-state index is 11.4. The third-order valence-electron chi connectivity index (χ3n) is 4.92. The average molecular weight is 452 g/mol. The molecular formula is C21H20N6O4S. The Bertz CT molecular complexity index is 1330. The Labute approximate surface area is 187 Å². The number of hydrogen-bond donors (Lipinski definition) is 2. The molecule has 4 heterocycles. The summed E-state index contributed by atoms with van der Waals surface area (Å²) in [5.41, 5.74) is 8.01. The molecule has 10 nitrogen and oxygen atoms in total. The number of imidazole rings is 1. The van der Waals surface area contributed by atoms with Gasteiger partial charge in [-0.25, -0.2) is 15.0 Å². The number of fused-ring (bicyclic) bond motifs is 2. The summed E-state index contributed by atoms with van der Waals surface area (Å²) in [7, 11) is 0. The van der Waals surface area contributed by atoms with Crippen LogP contribution in [0, 0.1) is 6.92 Å². The molecule has 0 unspecified atom stereocenters. The summed E-state index contributed by atoms with van der Waals surface area (Å²) in [6, 6.07) is 7.64. The van der Waals surface area contributed by atoms with Gasteiger partial charge in [-0.1, -0.05) is 11.8 Å². The number of carbonyl (C=O) groups is 1. The van der Waals surface area contributed by atoms with E-state index in [1.54, 1.807) is 0 Å². The van der Waals surface area contributed by atoms with Crippen molar-refractivity contribution < 1.29 is 18.7 Å². The number of aryl methyl sites for hydroxylation is 1. The minimum atomic E-state index is -0.107. The van der Waals surface area contributed by atoms with Gasteiger partial charge in [0.05, 0.1) is 0 Å². The van der Waals surface area contributed by atoms with Gasteiger partial charge in [-0.2, -0.15) is 0 Å². The van der Waals surface area contributed by atoms with Crippen LogP contribution < -0.4 is 20.5 Å². The third kappa shape index (κ3) is 3.71. The maximum Gasteiger partial charge on any atom is 0.231 e. The van der Waals surface area contributed by atoms with Crippen molar-refractivity contribution in [3.8, 4) is 22.8 Å². The molecule has 3 aromatic heterocycles. The number of anilines is 1. The van der Waals surface area contributed by atoms with Crippen LogP contribution in [0.5, 0.6) is 11.5 Å². The number of carbonyl (C=O) groups excluding carboxylic acids is 1. The molecule has 0 saturated heterocycles. The van der Waals surface area contributed by atoms with Gasteiger partial charge in [-0.3, -0.25) is 4.79 Å². The summed E-state index contributed by atoms with van der Waals surface area (Å²) < 4.78 is 18.9. The van der Waals surface area contributed by atoms with Crippen LogP contribution in [0.3, 0.4) is 0 Å². The Morgan fingerprint density at radius 2 is 2.06 bits per heavy atom. The monoisotopic (exact) mass is 452 g/mol. The SMILES string of the molecule is CC(=O)NCCn1c(Sc2cc3c(cc2-c2ccc(C)o2)OCO3)nc2c(N)ncnc21. The van der Waals surface area contributed by atoms with E-state index in [0.717, 1.165) is 16.2 Å². The normalized spacial score (nSPS) is 12.4. The first-order chi connectivity index (χ1) is 15.5. The Kier molecular flexibility index (Phi) is 5.10. The van der Waals surface area contributed by atoms with Crippen molar-refractivity contribution in [3.05, 3.63) is 36.4 Å². The first kappa shape index (κ1) is 20.2. The molecule has 0 saturated carbocycles. The van der Waals surface area contributed by atoms with Crippen LogP contribution in [0.4, 0.5) is 5.82 Å². The van der Waals surface area contributed by atoms with Gasteiger partial charge < -0.3 is 29.5 Å². The van der Waals surface area contributed by atoms with Gasteiger partial charge in [0.15, 0.2) is 33.6 Å². The quantitative estimate of drug-likeness (QED) is 0.453. The minimum absolute atomic E-state index is 0.107. The van der Waals surface area contributed by atoms with E-state index in [1.807, 2.05) is 35.8 Å². The Morgan fingerprint density at radius 3 is 2.81 bits per heavy atom. The molecule has 0 spiro atoms. The molecule has 164 valence electrons. The maximum atomic E-state index is 11.4. The summed E-state index contributed by atoms with van der Waals surface area (Å²) in [6.07, 6.45) is 1.40. The molecule has 0 radical (unpaired) electrons. The fraction of sp³-hybridized carbons (Fsp3) is 0.238. The van der Waals surface area contributed by atoms with Gasteiger partial charge in [0.25, 0.3) is 0 Å². The van der Waals surface area contributed by atoms with Crippen molar-refractivity contribution >= 4 is 34.7 Å². The zero-order chi connectivity index (χ0) is 22.2. The molecule has 0 bridgehead atoms. The van der Waals surface area contributed by atoms with E-state index in [2.05, 4.69) is 15.3 Å². The van der Waals surface area contributed by atoms with Crippen molar-refractivity contribution in [1.82, 2.24) is 24.8 Å². The molecule has 1 aliphatic rings. The highest BCUT2D eigenvalue weighted by Gasteiger charge is 2.23. The van der Waals surface area contributed by atoms with E-state index >= 15 is 0 Å². The largest absolute Gasteiger partial charge is 0.461 e. The van der Waals surface area contributed by atoms with E-state index in [0.29, 0.717) is 52.5 Å². The molecule has 0 aliphatic carbocycles. The fourth-order valence-electron chi connectivity index (χ4n) is 3.44. The molecule has 0 fully saturated rings. The molecule has 0 atom stereocenters. The minimum Gasteiger partial charge on any atom is -0.461 e. The Balaban J connectivity index is 1.60. The molecular weight excluding hydrogens is 432 g/mol. The van der Waals surface area contributed by atoms with Gasteiger partial charge in [0.2, 0.25) is 12.7 Å². The number of ether oxygens (including phenoxy) is 2. The lowest BCUT2D eigenvalue weighted by atomic mass is 10.1. The molecule has 1 amide bonds. The number of benzene rings is 1. The van der Waals surface area contributed by atoms with Crippen molar-refractivity contribution in [2.75, 3.05) is 19.1 Å². The number of rotatable bonds is 6. The number of furan rings is 1. The number of nitrogens with two attached hydrogens (primary N) is 1. The Hall–Kier alpha value is -3.73. The van der Waals surface area contributed by atoms with Crippen LogP contribution in [-0.4, -0.2) is 38.8 Å². The highest BCUT2D eigenvalue weighted by atomic mass is 32.2. The lowest BCUT2D eigenvalue weighted by Gasteiger charge is -2.11. The summed E-state index contributed by atoms with van der Waals surface area (Å²) in [4.78, 5) is 25.3. The van der Waals surface area contributed by atoms with Crippen molar-refractivity contribution in [3.63, 3.8) is 0 Å². The Morgan fingerprint density at radius 1 is 1.25 bits per heavy atom. The molecule has 1 aliphatic heterocycles. The highest BCUT2D eigenvalue weighted by Crippen LogP contribution is 2.45.